The van der Waals surface area contributed by atoms with Gasteiger partial charge in [0, 0.05) is 34.3 Å². The molecule has 2 aromatic carbocycles. The lowest BCUT2D eigenvalue weighted by Gasteiger charge is -2.27. The maximum atomic E-state index is 12.4. The minimum absolute atomic E-state index is 0.129. The number of nitrogens with one attached hydrogen (secondary N) is 2. The fourth-order valence-electron chi connectivity index (χ4n) is 2.91. The highest BCUT2D eigenvalue weighted by Gasteiger charge is 2.17. The fraction of sp³-hybridized carbons (Fsp3) is 0.211. The number of carbonyl (C=O) groups is 1. The number of hydrogen-bond acceptors (Lipinski definition) is 5. The number of hydrogen-bond donors (Lipinski definition) is 2. The Bertz CT molecular complexity index is 975. The number of benzene rings is 2. The SMILES string of the molecule is O=C(Nc1ccc2ncnc(Nc3cccc(Br)c3)c2c1)N1CCOCC1. The summed E-state index contributed by atoms with van der Waals surface area (Å²) in [6.45, 7) is 2.33. The Balaban J connectivity index is 1.59. The van der Waals surface area contributed by atoms with Crippen LogP contribution in [-0.4, -0.2) is 47.2 Å². The number of ether oxygens (including phenoxy) is 1. The van der Waals surface area contributed by atoms with Gasteiger partial charge in [0.15, 0.2) is 0 Å². The van der Waals surface area contributed by atoms with Crippen molar-refractivity contribution in [2.45, 2.75) is 0 Å². The van der Waals surface area contributed by atoms with Crippen LogP contribution >= 0.6 is 15.9 Å². The first kappa shape index (κ1) is 17.7. The van der Waals surface area contributed by atoms with Crippen LogP contribution in [0.5, 0.6) is 0 Å². The number of anilines is 3. The van der Waals surface area contributed by atoms with E-state index in [2.05, 4.69) is 36.5 Å². The van der Waals surface area contributed by atoms with Crippen molar-refractivity contribution in [3.63, 3.8) is 0 Å². The van der Waals surface area contributed by atoms with Crippen LogP contribution in [0.2, 0.25) is 0 Å². The second kappa shape index (κ2) is 7.89. The number of fused-ring (bicyclic) bond motifs is 1. The highest BCUT2D eigenvalue weighted by molar-refractivity contribution is 9.10. The number of amides is 2. The zero-order chi connectivity index (χ0) is 18.6. The van der Waals surface area contributed by atoms with E-state index in [4.69, 9.17) is 4.74 Å². The Morgan fingerprint density at radius 3 is 2.74 bits per heavy atom. The zero-order valence-electron chi connectivity index (χ0n) is 14.5. The molecule has 2 N–H and O–H groups in total. The molecule has 2 heterocycles. The minimum atomic E-state index is -0.129. The van der Waals surface area contributed by atoms with Gasteiger partial charge in [-0.1, -0.05) is 22.0 Å². The standard InChI is InChI=1S/C19H18BrN5O2/c20-13-2-1-3-14(10-13)23-18-16-11-15(4-5-17(16)21-12-22-18)24-19(26)25-6-8-27-9-7-25/h1-5,10-12H,6-9H2,(H,24,26)(H,21,22,23). The summed E-state index contributed by atoms with van der Waals surface area (Å²) in [5.41, 5.74) is 2.41. The van der Waals surface area contributed by atoms with E-state index in [9.17, 15) is 4.79 Å². The summed E-state index contributed by atoms with van der Waals surface area (Å²) >= 11 is 3.47. The Hall–Kier alpha value is -2.71. The molecule has 2 amide bonds. The second-order valence-corrected chi connectivity index (χ2v) is 7.03. The number of urea groups is 1. The van der Waals surface area contributed by atoms with Crippen molar-refractivity contribution in [3.05, 3.63) is 53.3 Å². The van der Waals surface area contributed by atoms with Gasteiger partial charge in [-0.05, 0) is 36.4 Å². The van der Waals surface area contributed by atoms with Gasteiger partial charge in [-0.3, -0.25) is 0 Å². The van der Waals surface area contributed by atoms with Crippen LogP contribution in [0.3, 0.4) is 0 Å². The summed E-state index contributed by atoms with van der Waals surface area (Å²) in [6.07, 6.45) is 1.52. The molecule has 3 aromatic rings. The predicted octanol–water partition coefficient (Wildman–Crippen LogP) is 4.00. The third kappa shape index (κ3) is 4.17. The lowest BCUT2D eigenvalue weighted by Crippen LogP contribution is -2.43. The van der Waals surface area contributed by atoms with E-state index in [-0.39, 0.29) is 6.03 Å². The van der Waals surface area contributed by atoms with Gasteiger partial charge < -0.3 is 20.3 Å². The van der Waals surface area contributed by atoms with Crippen LogP contribution in [0.4, 0.5) is 22.0 Å². The summed E-state index contributed by atoms with van der Waals surface area (Å²) in [7, 11) is 0. The van der Waals surface area contributed by atoms with Crippen molar-refractivity contribution in [1.82, 2.24) is 14.9 Å². The third-order valence-electron chi connectivity index (χ3n) is 4.27. The van der Waals surface area contributed by atoms with Crippen LogP contribution in [0.1, 0.15) is 0 Å². The van der Waals surface area contributed by atoms with Gasteiger partial charge in [-0.15, -0.1) is 0 Å². The molecule has 0 unspecified atom stereocenters. The zero-order valence-corrected chi connectivity index (χ0v) is 16.1. The first-order valence-corrected chi connectivity index (χ1v) is 9.39. The number of morpholine rings is 1. The first-order valence-electron chi connectivity index (χ1n) is 8.60. The monoisotopic (exact) mass is 427 g/mol. The molecule has 138 valence electrons. The molecule has 0 spiro atoms. The summed E-state index contributed by atoms with van der Waals surface area (Å²) in [5, 5.41) is 7.09. The summed E-state index contributed by atoms with van der Waals surface area (Å²) in [6, 6.07) is 13.3. The van der Waals surface area contributed by atoms with E-state index in [0.717, 1.165) is 21.1 Å². The molecule has 1 fully saturated rings. The van der Waals surface area contributed by atoms with Crippen LogP contribution < -0.4 is 10.6 Å². The van der Waals surface area contributed by atoms with E-state index in [1.165, 1.54) is 6.33 Å². The normalized spacial score (nSPS) is 14.2. The number of nitrogens with zero attached hydrogens (tertiary/aromatic N) is 3. The molecule has 1 aliphatic heterocycles. The molecule has 8 heteroatoms. The van der Waals surface area contributed by atoms with E-state index in [1.807, 2.05) is 42.5 Å². The van der Waals surface area contributed by atoms with Crippen LogP contribution in [0.25, 0.3) is 10.9 Å². The van der Waals surface area contributed by atoms with Crippen molar-refractivity contribution in [2.75, 3.05) is 36.9 Å². The average Bonchev–Trinajstić information content (AvgIpc) is 2.69. The quantitative estimate of drug-likeness (QED) is 0.660. The largest absolute Gasteiger partial charge is 0.378 e. The third-order valence-corrected chi connectivity index (χ3v) is 4.77. The minimum Gasteiger partial charge on any atom is -0.378 e. The van der Waals surface area contributed by atoms with Crippen molar-refractivity contribution in [1.29, 1.82) is 0 Å². The Morgan fingerprint density at radius 2 is 1.93 bits per heavy atom. The Labute approximate surface area is 164 Å². The molecule has 0 aliphatic carbocycles. The Kier molecular flexibility index (Phi) is 5.17. The molecule has 1 aliphatic rings. The molecular weight excluding hydrogens is 410 g/mol. The van der Waals surface area contributed by atoms with Crippen molar-refractivity contribution >= 4 is 50.1 Å². The van der Waals surface area contributed by atoms with Crippen LogP contribution in [-0.2, 0) is 4.74 Å². The number of halogens is 1. The molecule has 27 heavy (non-hydrogen) atoms. The number of aromatic nitrogens is 2. The van der Waals surface area contributed by atoms with Crippen molar-refractivity contribution in [3.8, 4) is 0 Å². The van der Waals surface area contributed by atoms with E-state index in [1.54, 1.807) is 4.90 Å². The molecule has 0 saturated carbocycles. The molecule has 4 rings (SSSR count). The van der Waals surface area contributed by atoms with Crippen molar-refractivity contribution in [2.24, 2.45) is 0 Å². The summed E-state index contributed by atoms with van der Waals surface area (Å²) in [5.74, 6) is 0.681. The van der Waals surface area contributed by atoms with Gasteiger partial charge in [0.25, 0.3) is 0 Å². The average molecular weight is 428 g/mol. The van der Waals surface area contributed by atoms with Gasteiger partial charge in [-0.25, -0.2) is 14.8 Å². The van der Waals surface area contributed by atoms with Crippen molar-refractivity contribution < 1.29 is 9.53 Å². The maximum absolute atomic E-state index is 12.4. The second-order valence-electron chi connectivity index (χ2n) is 6.12. The lowest BCUT2D eigenvalue weighted by atomic mass is 10.2. The van der Waals surface area contributed by atoms with E-state index >= 15 is 0 Å². The fourth-order valence-corrected chi connectivity index (χ4v) is 3.31. The number of carbonyl (C=O) groups excluding carboxylic acids is 1. The molecule has 1 saturated heterocycles. The van der Waals surface area contributed by atoms with Gasteiger partial charge in [0.05, 0.1) is 18.7 Å². The molecule has 7 nitrogen and oxygen atoms in total. The van der Waals surface area contributed by atoms with E-state index < -0.39 is 0 Å². The van der Waals surface area contributed by atoms with Gasteiger partial charge in [0.2, 0.25) is 0 Å². The van der Waals surface area contributed by atoms with Crippen LogP contribution in [0, 0.1) is 0 Å². The molecule has 0 radical (unpaired) electrons. The van der Waals surface area contributed by atoms with Gasteiger partial charge >= 0.3 is 6.03 Å². The number of rotatable bonds is 3. The Morgan fingerprint density at radius 1 is 1.07 bits per heavy atom. The van der Waals surface area contributed by atoms with Gasteiger partial charge in [-0.2, -0.15) is 0 Å². The lowest BCUT2D eigenvalue weighted by molar-refractivity contribution is 0.0564. The molecule has 0 atom stereocenters. The topological polar surface area (TPSA) is 79.4 Å². The highest BCUT2D eigenvalue weighted by atomic mass is 79.9. The maximum Gasteiger partial charge on any atom is 0.321 e. The highest BCUT2D eigenvalue weighted by Crippen LogP contribution is 2.27. The summed E-state index contributed by atoms with van der Waals surface area (Å²) in [4.78, 5) is 22.8. The van der Waals surface area contributed by atoms with Gasteiger partial charge in [0.1, 0.15) is 12.1 Å². The molecule has 1 aromatic heterocycles. The molecule has 0 bridgehead atoms. The predicted molar refractivity (Wildman–Crippen MR) is 108 cm³/mol. The smallest absolute Gasteiger partial charge is 0.321 e. The van der Waals surface area contributed by atoms with E-state index in [0.29, 0.717) is 37.8 Å². The summed E-state index contributed by atoms with van der Waals surface area (Å²) < 4.78 is 6.26. The van der Waals surface area contributed by atoms with Crippen LogP contribution in [0.15, 0.2) is 53.3 Å². The first-order chi connectivity index (χ1) is 13.2. The molecular formula is C19H18BrN5O2.